The van der Waals surface area contributed by atoms with Crippen molar-refractivity contribution in [3.63, 3.8) is 0 Å². The van der Waals surface area contributed by atoms with E-state index in [2.05, 4.69) is 14.1 Å². The first-order valence-corrected chi connectivity index (χ1v) is 4.68. The van der Waals surface area contributed by atoms with Gasteiger partial charge in [0.25, 0.3) is 0 Å². The van der Waals surface area contributed by atoms with Crippen molar-refractivity contribution in [1.29, 1.82) is 0 Å². The number of aliphatic hydroxyl groups is 1. The molecule has 0 bridgehead atoms. The summed E-state index contributed by atoms with van der Waals surface area (Å²) in [5.41, 5.74) is 0. The number of hydrogen-bond donors (Lipinski definition) is 1. The van der Waals surface area contributed by atoms with E-state index in [4.69, 9.17) is 9.84 Å². The van der Waals surface area contributed by atoms with Crippen LogP contribution >= 0.6 is 0 Å². The molecule has 1 saturated heterocycles. The van der Waals surface area contributed by atoms with Gasteiger partial charge < -0.3 is 14.3 Å². The zero-order valence-corrected chi connectivity index (χ0v) is 8.12. The van der Waals surface area contributed by atoms with Gasteiger partial charge in [0.2, 0.25) is 0 Å². The van der Waals surface area contributed by atoms with Crippen molar-refractivity contribution in [3.8, 4) is 0 Å². The Balaban J connectivity index is 2.26. The summed E-state index contributed by atoms with van der Waals surface area (Å²) in [4.78, 5) is 0. The molecule has 1 heterocycles. The van der Waals surface area contributed by atoms with Gasteiger partial charge in [0.05, 0.1) is 33.9 Å². The molecule has 1 atom stereocenters. The van der Waals surface area contributed by atoms with Gasteiger partial charge in [0.1, 0.15) is 12.6 Å². The first kappa shape index (κ1) is 9.96. The van der Waals surface area contributed by atoms with Crippen LogP contribution in [0.15, 0.2) is 0 Å². The molecule has 3 heteroatoms. The van der Waals surface area contributed by atoms with Crippen molar-refractivity contribution in [3.05, 3.63) is 0 Å². The van der Waals surface area contributed by atoms with E-state index in [0.717, 1.165) is 17.4 Å². The Morgan fingerprint density at radius 3 is 2.83 bits per heavy atom. The molecule has 0 aromatic rings. The zero-order chi connectivity index (χ0) is 9.03. The molecular weight excluding hydrogens is 154 g/mol. The Morgan fingerprint density at radius 2 is 2.25 bits per heavy atom. The van der Waals surface area contributed by atoms with Crippen molar-refractivity contribution in [2.75, 3.05) is 40.4 Å². The standard InChI is InChI=1S/C9H20NO2/c1-10(2)5-3-4-9(8-10)12-7-6-11/h9,11H,3-8H2,1-2H3/q+1. The lowest BCUT2D eigenvalue weighted by molar-refractivity contribution is -0.898. The minimum atomic E-state index is 0.143. The summed E-state index contributed by atoms with van der Waals surface area (Å²) in [5, 5.41) is 8.60. The molecule has 0 spiro atoms. The van der Waals surface area contributed by atoms with Crippen molar-refractivity contribution >= 4 is 0 Å². The van der Waals surface area contributed by atoms with Gasteiger partial charge in [-0.15, -0.1) is 0 Å². The number of hydrogen-bond acceptors (Lipinski definition) is 2. The minimum absolute atomic E-state index is 0.143. The molecule has 0 aromatic heterocycles. The molecule has 0 aliphatic carbocycles. The summed E-state index contributed by atoms with van der Waals surface area (Å²) in [6.07, 6.45) is 2.76. The molecule has 12 heavy (non-hydrogen) atoms. The molecule has 1 aliphatic heterocycles. The van der Waals surface area contributed by atoms with E-state index in [0.29, 0.717) is 12.7 Å². The number of rotatable bonds is 3. The molecule has 72 valence electrons. The van der Waals surface area contributed by atoms with E-state index in [1.807, 2.05) is 0 Å². The first-order valence-electron chi connectivity index (χ1n) is 4.68. The Morgan fingerprint density at radius 1 is 1.50 bits per heavy atom. The van der Waals surface area contributed by atoms with Gasteiger partial charge in [-0.05, 0) is 12.8 Å². The fourth-order valence-electron chi connectivity index (χ4n) is 1.84. The third kappa shape index (κ3) is 3.09. The van der Waals surface area contributed by atoms with Crippen molar-refractivity contribution < 1.29 is 14.3 Å². The van der Waals surface area contributed by atoms with Crippen LogP contribution in [0.1, 0.15) is 12.8 Å². The quantitative estimate of drug-likeness (QED) is 0.621. The predicted octanol–water partition coefficient (Wildman–Crippen LogP) is 0.234. The molecule has 1 rings (SSSR count). The molecular formula is C9H20NO2+. The highest BCUT2D eigenvalue weighted by atomic mass is 16.5. The first-order chi connectivity index (χ1) is 5.64. The highest BCUT2D eigenvalue weighted by Crippen LogP contribution is 2.16. The van der Waals surface area contributed by atoms with Gasteiger partial charge in [-0.2, -0.15) is 0 Å². The molecule has 0 radical (unpaired) electrons. The third-order valence-corrected chi connectivity index (χ3v) is 2.43. The van der Waals surface area contributed by atoms with Crippen LogP contribution in [-0.4, -0.2) is 56.1 Å². The van der Waals surface area contributed by atoms with Crippen LogP contribution in [0.2, 0.25) is 0 Å². The molecule has 0 saturated carbocycles. The Bertz CT molecular complexity index is 136. The Kier molecular flexibility index (Phi) is 3.50. The van der Waals surface area contributed by atoms with E-state index < -0.39 is 0 Å². The van der Waals surface area contributed by atoms with E-state index in [1.54, 1.807) is 0 Å². The average Bonchev–Trinajstić information content (AvgIpc) is 1.99. The number of likely N-dealkylation sites (tertiary alicyclic amines) is 1. The maximum absolute atomic E-state index is 8.60. The van der Waals surface area contributed by atoms with E-state index in [9.17, 15) is 0 Å². The highest BCUT2D eigenvalue weighted by Gasteiger charge is 2.27. The van der Waals surface area contributed by atoms with Gasteiger partial charge in [-0.3, -0.25) is 0 Å². The molecule has 0 amide bonds. The van der Waals surface area contributed by atoms with Gasteiger partial charge >= 0.3 is 0 Å². The number of piperidine rings is 1. The number of quaternary nitrogens is 1. The van der Waals surface area contributed by atoms with Crippen LogP contribution in [0.5, 0.6) is 0 Å². The molecule has 1 N–H and O–H groups in total. The summed E-state index contributed by atoms with van der Waals surface area (Å²) >= 11 is 0. The lowest BCUT2D eigenvalue weighted by Gasteiger charge is -2.37. The smallest absolute Gasteiger partial charge is 0.107 e. The Labute approximate surface area is 74.5 Å². The zero-order valence-electron chi connectivity index (χ0n) is 8.12. The van der Waals surface area contributed by atoms with Crippen LogP contribution in [-0.2, 0) is 4.74 Å². The molecule has 3 nitrogen and oxygen atoms in total. The monoisotopic (exact) mass is 174 g/mol. The molecule has 1 unspecified atom stereocenters. The number of nitrogens with zero attached hydrogens (tertiary/aromatic N) is 1. The number of aliphatic hydroxyl groups excluding tert-OH is 1. The SMILES string of the molecule is C[N+]1(C)CCCC(OCCO)C1. The van der Waals surface area contributed by atoms with Gasteiger partial charge in [-0.1, -0.05) is 0 Å². The van der Waals surface area contributed by atoms with Gasteiger partial charge in [0, 0.05) is 0 Å². The largest absolute Gasteiger partial charge is 0.394 e. The second-order valence-electron chi connectivity index (χ2n) is 4.20. The minimum Gasteiger partial charge on any atom is -0.394 e. The predicted molar refractivity (Wildman–Crippen MR) is 47.9 cm³/mol. The van der Waals surface area contributed by atoms with Gasteiger partial charge in [-0.25, -0.2) is 0 Å². The summed E-state index contributed by atoms with van der Waals surface area (Å²) in [6.45, 7) is 2.97. The van der Waals surface area contributed by atoms with Crippen LogP contribution in [0.25, 0.3) is 0 Å². The summed E-state index contributed by atoms with van der Waals surface area (Å²) < 4.78 is 6.55. The van der Waals surface area contributed by atoms with E-state index in [1.165, 1.54) is 13.0 Å². The molecule has 1 aliphatic rings. The lowest BCUT2D eigenvalue weighted by Crippen LogP contribution is -2.50. The molecule has 1 fully saturated rings. The topological polar surface area (TPSA) is 29.5 Å². The van der Waals surface area contributed by atoms with Crippen LogP contribution in [0.4, 0.5) is 0 Å². The number of likely N-dealkylation sites (N-methyl/N-ethyl adjacent to an activating group) is 1. The summed E-state index contributed by atoms with van der Waals surface area (Å²) in [6, 6.07) is 0. The van der Waals surface area contributed by atoms with E-state index in [-0.39, 0.29) is 6.61 Å². The summed E-state index contributed by atoms with van der Waals surface area (Å²) in [5.74, 6) is 0. The second-order valence-corrected chi connectivity index (χ2v) is 4.20. The Hall–Kier alpha value is -0.120. The number of ether oxygens (including phenoxy) is 1. The highest BCUT2D eigenvalue weighted by molar-refractivity contribution is 4.62. The lowest BCUT2D eigenvalue weighted by atomic mass is 10.1. The normalized spacial score (nSPS) is 28.8. The van der Waals surface area contributed by atoms with Gasteiger partial charge in [0.15, 0.2) is 0 Å². The van der Waals surface area contributed by atoms with Crippen molar-refractivity contribution in [2.24, 2.45) is 0 Å². The fraction of sp³-hybridized carbons (Fsp3) is 1.00. The summed E-state index contributed by atoms with van der Waals surface area (Å²) in [7, 11) is 4.46. The van der Waals surface area contributed by atoms with Crippen LogP contribution in [0, 0.1) is 0 Å². The maximum Gasteiger partial charge on any atom is 0.107 e. The van der Waals surface area contributed by atoms with Crippen LogP contribution in [0.3, 0.4) is 0 Å². The third-order valence-electron chi connectivity index (χ3n) is 2.43. The fourth-order valence-corrected chi connectivity index (χ4v) is 1.84. The van der Waals surface area contributed by atoms with Crippen LogP contribution < -0.4 is 0 Å². The second kappa shape index (κ2) is 4.21. The maximum atomic E-state index is 8.60. The van der Waals surface area contributed by atoms with Crippen molar-refractivity contribution in [2.45, 2.75) is 18.9 Å². The van der Waals surface area contributed by atoms with Crippen molar-refractivity contribution in [1.82, 2.24) is 0 Å². The molecule has 0 aromatic carbocycles. The average molecular weight is 174 g/mol. The van der Waals surface area contributed by atoms with E-state index >= 15 is 0 Å².